The Bertz CT molecular complexity index is 201. The van der Waals surface area contributed by atoms with Crippen LogP contribution in [0.1, 0.15) is 5.69 Å². The van der Waals surface area contributed by atoms with Crippen LogP contribution in [-0.4, -0.2) is 9.97 Å². The summed E-state index contributed by atoms with van der Waals surface area (Å²) < 4.78 is 0. The molecule has 3 nitrogen and oxygen atoms in total. The molecule has 0 bridgehead atoms. The van der Waals surface area contributed by atoms with Crippen molar-refractivity contribution in [3.63, 3.8) is 0 Å². The summed E-state index contributed by atoms with van der Waals surface area (Å²) in [6.07, 6.45) is 2.95. The minimum Gasteiger partial charge on any atom is -0.325 e. The third-order valence-electron chi connectivity index (χ3n) is 0.937. The number of nitrogens with two attached hydrogens (primary N) is 1. The molecule has 9 heavy (non-hydrogen) atoms. The molecule has 4 heteroatoms. The predicted molar refractivity (Wildman–Crippen MR) is 34.9 cm³/mol. The summed E-state index contributed by atoms with van der Waals surface area (Å²) in [5.74, 6) is 0. The van der Waals surface area contributed by atoms with Gasteiger partial charge in [0.25, 0.3) is 0 Å². The third-order valence-corrected chi connectivity index (χ3v) is 1.25. The first kappa shape index (κ1) is 6.45. The fourth-order valence-corrected chi connectivity index (χ4v) is 0.670. The maximum atomic E-state index is 5.62. The van der Waals surface area contributed by atoms with Gasteiger partial charge in [0.2, 0.25) is 0 Å². The van der Waals surface area contributed by atoms with Crippen molar-refractivity contribution in [2.24, 2.45) is 5.73 Å². The van der Waals surface area contributed by atoms with Crippen LogP contribution in [-0.2, 0) is 6.54 Å². The number of rotatable bonds is 1. The van der Waals surface area contributed by atoms with Gasteiger partial charge in [-0.05, 0) is 0 Å². The molecule has 0 fully saturated rings. The summed E-state index contributed by atoms with van der Waals surface area (Å²) in [6, 6.07) is 0. The van der Waals surface area contributed by atoms with Gasteiger partial charge in [0, 0.05) is 12.7 Å². The van der Waals surface area contributed by atoms with E-state index >= 15 is 0 Å². The minimum atomic E-state index is 0.362. The molecule has 0 atom stereocenters. The van der Waals surface area contributed by atoms with Crippen LogP contribution in [0.15, 0.2) is 12.5 Å². The van der Waals surface area contributed by atoms with Crippen LogP contribution < -0.4 is 5.73 Å². The van der Waals surface area contributed by atoms with Crippen LogP contribution in [0, 0.1) is 0 Å². The van der Waals surface area contributed by atoms with Crippen molar-refractivity contribution in [2.75, 3.05) is 0 Å². The van der Waals surface area contributed by atoms with E-state index in [1.807, 2.05) is 0 Å². The van der Waals surface area contributed by atoms with E-state index < -0.39 is 0 Å². The summed E-state index contributed by atoms with van der Waals surface area (Å²) in [6.45, 7) is 0.362. The Balaban J connectivity index is 3.01. The van der Waals surface area contributed by atoms with E-state index in [9.17, 15) is 0 Å². The molecule has 0 unspecified atom stereocenters. The van der Waals surface area contributed by atoms with Gasteiger partial charge >= 0.3 is 0 Å². The molecule has 0 spiro atoms. The van der Waals surface area contributed by atoms with Crippen molar-refractivity contribution in [1.82, 2.24) is 9.97 Å². The van der Waals surface area contributed by atoms with Crippen LogP contribution in [0.5, 0.6) is 0 Å². The second kappa shape index (κ2) is 2.75. The first-order chi connectivity index (χ1) is 4.34. The zero-order valence-corrected chi connectivity index (χ0v) is 5.47. The highest BCUT2D eigenvalue weighted by atomic mass is 35.5. The largest absolute Gasteiger partial charge is 0.325 e. The van der Waals surface area contributed by atoms with Crippen molar-refractivity contribution < 1.29 is 0 Å². The van der Waals surface area contributed by atoms with E-state index in [4.69, 9.17) is 17.3 Å². The Morgan fingerprint density at radius 3 is 2.89 bits per heavy atom. The smallest absolute Gasteiger partial charge is 0.115 e. The molecule has 0 aliphatic carbocycles. The predicted octanol–water partition coefficient (Wildman–Crippen LogP) is 0.589. The van der Waals surface area contributed by atoms with E-state index in [0.717, 1.165) is 0 Å². The molecule has 1 aromatic heterocycles. The van der Waals surface area contributed by atoms with E-state index in [1.165, 1.54) is 12.5 Å². The van der Waals surface area contributed by atoms with Gasteiger partial charge in [-0.25, -0.2) is 9.97 Å². The zero-order valence-electron chi connectivity index (χ0n) is 4.71. The molecule has 0 radical (unpaired) electrons. The van der Waals surface area contributed by atoms with Gasteiger partial charge in [-0.15, -0.1) is 0 Å². The fraction of sp³-hybridized carbons (Fsp3) is 0.200. The van der Waals surface area contributed by atoms with Crippen molar-refractivity contribution in [2.45, 2.75) is 6.54 Å². The van der Waals surface area contributed by atoms with Crippen LogP contribution in [0.4, 0.5) is 0 Å². The molecule has 0 saturated heterocycles. The van der Waals surface area contributed by atoms with E-state index in [2.05, 4.69) is 9.97 Å². The standard InChI is InChI=1S/C5H6ClN3/c6-4-2-8-3-9-5(4)1-7/h2-3H,1,7H2. The average molecular weight is 144 g/mol. The lowest BCUT2D eigenvalue weighted by molar-refractivity contribution is 0.964. The molecule has 1 aromatic rings. The first-order valence-corrected chi connectivity index (χ1v) is 2.87. The molecule has 2 N–H and O–H groups in total. The average Bonchev–Trinajstić information content (AvgIpc) is 1.89. The van der Waals surface area contributed by atoms with Gasteiger partial charge < -0.3 is 5.73 Å². The van der Waals surface area contributed by atoms with E-state index in [-0.39, 0.29) is 0 Å². The molecule has 0 amide bonds. The summed E-state index contributed by atoms with van der Waals surface area (Å²) >= 11 is 5.62. The van der Waals surface area contributed by atoms with Gasteiger partial charge in [0.15, 0.2) is 0 Å². The Kier molecular flexibility index (Phi) is 1.97. The van der Waals surface area contributed by atoms with E-state index in [1.54, 1.807) is 0 Å². The quantitative estimate of drug-likeness (QED) is 0.626. The van der Waals surface area contributed by atoms with Crippen molar-refractivity contribution in [3.8, 4) is 0 Å². The normalized spacial score (nSPS) is 9.56. The molecule has 1 heterocycles. The Labute approximate surface area is 57.9 Å². The van der Waals surface area contributed by atoms with Crippen LogP contribution in [0.3, 0.4) is 0 Å². The number of halogens is 1. The highest BCUT2D eigenvalue weighted by Gasteiger charge is 1.95. The number of aromatic nitrogens is 2. The molecule has 0 aliphatic heterocycles. The second-order valence-electron chi connectivity index (χ2n) is 1.52. The molecule has 0 aromatic carbocycles. The van der Waals surface area contributed by atoms with Gasteiger partial charge in [0.05, 0.1) is 10.7 Å². The van der Waals surface area contributed by atoms with Crippen LogP contribution in [0.2, 0.25) is 5.02 Å². The van der Waals surface area contributed by atoms with Crippen LogP contribution >= 0.6 is 11.6 Å². The zero-order chi connectivity index (χ0) is 6.69. The molecule has 0 saturated carbocycles. The van der Waals surface area contributed by atoms with Crippen molar-refractivity contribution in [1.29, 1.82) is 0 Å². The molecule has 48 valence electrons. The van der Waals surface area contributed by atoms with Crippen molar-refractivity contribution >= 4 is 11.6 Å². The summed E-state index contributed by atoms with van der Waals surface area (Å²) in [7, 11) is 0. The lowest BCUT2D eigenvalue weighted by Gasteiger charge is -1.94. The van der Waals surface area contributed by atoms with Crippen molar-refractivity contribution in [3.05, 3.63) is 23.2 Å². The monoisotopic (exact) mass is 143 g/mol. The maximum Gasteiger partial charge on any atom is 0.115 e. The fourth-order valence-electron chi connectivity index (χ4n) is 0.488. The Morgan fingerprint density at radius 2 is 2.44 bits per heavy atom. The molecule has 0 aliphatic rings. The highest BCUT2D eigenvalue weighted by Crippen LogP contribution is 2.08. The lowest BCUT2D eigenvalue weighted by Crippen LogP contribution is -2.00. The highest BCUT2D eigenvalue weighted by molar-refractivity contribution is 6.31. The number of hydrogen-bond donors (Lipinski definition) is 1. The summed E-state index contributed by atoms with van der Waals surface area (Å²) in [4.78, 5) is 7.52. The number of hydrogen-bond acceptors (Lipinski definition) is 3. The Morgan fingerprint density at radius 1 is 1.67 bits per heavy atom. The van der Waals surface area contributed by atoms with Gasteiger partial charge in [0.1, 0.15) is 6.33 Å². The number of nitrogens with zero attached hydrogens (tertiary/aromatic N) is 2. The first-order valence-electron chi connectivity index (χ1n) is 2.49. The van der Waals surface area contributed by atoms with Gasteiger partial charge in [-0.1, -0.05) is 11.6 Å². The topological polar surface area (TPSA) is 51.8 Å². The Hall–Kier alpha value is -0.670. The second-order valence-corrected chi connectivity index (χ2v) is 1.93. The van der Waals surface area contributed by atoms with Gasteiger partial charge in [-0.2, -0.15) is 0 Å². The molecular formula is C5H6ClN3. The molecular weight excluding hydrogens is 138 g/mol. The maximum absolute atomic E-state index is 5.62. The van der Waals surface area contributed by atoms with E-state index in [0.29, 0.717) is 17.3 Å². The summed E-state index contributed by atoms with van der Waals surface area (Å²) in [5, 5.41) is 0.528. The minimum absolute atomic E-state index is 0.362. The van der Waals surface area contributed by atoms with Gasteiger partial charge in [-0.3, -0.25) is 0 Å². The SMILES string of the molecule is NCc1ncncc1Cl. The van der Waals surface area contributed by atoms with Crippen LogP contribution in [0.25, 0.3) is 0 Å². The third kappa shape index (κ3) is 1.37. The summed E-state index contributed by atoms with van der Waals surface area (Å²) in [5.41, 5.74) is 5.96. The molecule has 1 rings (SSSR count). The lowest BCUT2D eigenvalue weighted by atomic mass is 10.4.